The van der Waals surface area contributed by atoms with Crippen molar-refractivity contribution in [3.8, 4) is 0 Å². The van der Waals surface area contributed by atoms with Crippen LogP contribution in [0.3, 0.4) is 0 Å². The summed E-state index contributed by atoms with van der Waals surface area (Å²) >= 11 is 0. The third-order valence-electron chi connectivity index (χ3n) is 4.07. The molecule has 0 aromatic carbocycles. The van der Waals surface area contributed by atoms with E-state index < -0.39 is 0 Å². The van der Waals surface area contributed by atoms with E-state index in [-0.39, 0.29) is 12.2 Å². The minimum atomic E-state index is -0.0385. The lowest BCUT2D eigenvalue weighted by molar-refractivity contribution is 0.0307. The van der Waals surface area contributed by atoms with Gasteiger partial charge in [-0.2, -0.15) is 4.98 Å². The van der Waals surface area contributed by atoms with Crippen LogP contribution in [-0.4, -0.2) is 22.8 Å². The Morgan fingerprint density at radius 1 is 1.11 bits per heavy atom. The molecule has 2 atom stereocenters. The second kappa shape index (κ2) is 5.36. The Labute approximate surface area is 107 Å². The van der Waals surface area contributed by atoms with Gasteiger partial charge in [-0.05, 0) is 25.7 Å². The molecule has 2 N–H and O–H groups in total. The van der Waals surface area contributed by atoms with Gasteiger partial charge in [0.25, 0.3) is 5.89 Å². The highest BCUT2D eigenvalue weighted by Gasteiger charge is 2.31. The highest BCUT2D eigenvalue weighted by atomic mass is 16.5. The molecule has 0 radical (unpaired) electrons. The van der Waals surface area contributed by atoms with Gasteiger partial charge >= 0.3 is 0 Å². The highest BCUT2D eigenvalue weighted by Crippen LogP contribution is 2.34. The average molecular weight is 251 g/mol. The molecular formula is C13H21N3O2. The predicted molar refractivity (Wildman–Crippen MR) is 66.0 cm³/mol. The minimum absolute atomic E-state index is 0.0385. The second-order valence-corrected chi connectivity index (χ2v) is 5.39. The molecule has 1 saturated carbocycles. The maximum Gasteiger partial charge on any atom is 0.255 e. The van der Waals surface area contributed by atoms with Crippen molar-refractivity contribution in [2.75, 3.05) is 6.54 Å². The normalized spacial score (nSPS) is 29.8. The monoisotopic (exact) mass is 251 g/mol. The smallest absolute Gasteiger partial charge is 0.255 e. The summed E-state index contributed by atoms with van der Waals surface area (Å²) < 4.78 is 11.1. The fourth-order valence-electron chi connectivity index (χ4n) is 2.97. The molecule has 0 amide bonds. The van der Waals surface area contributed by atoms with Crippen LogP contribution in [0.2, 0.25) is 0 Å². The largest absolute Gasteiger partial charge is 0.364 e. The Hall–Kier alpha value is -0.940. The molecule has 2 heterocycles. The third-order valence-corrected chi connectivity index (χ3v) is 4.07. The van der Waals surface area contributed by atoms with Gasteiger partial charge < -0.3 is 15.0 Å². The van der Waals surface area contributed by atoms with Gasteiger partial charge in [-0.1, -0.05) is 24.4 Å². The zero-order chi connectivity index (χ0) is 12.4. The van der Waals surface area contributed by atoms with E-state index in [1.54, 1.807) is 0 Å². The number of rotatable bonds is 3. The molecule has 1 saturated heterocycles. The standard InChI is InChI=1S/C13H21N3O2/c14-8-10-6-7-11(17-10)13-15-12(16-18-13)9-4-2-1-3-5-9/h9-11H,1-8,14H2/t10-,11-/m1/s1. The zero-order valence-electron chi connectivity index (χ0n) is 10.7. The van der Waals surface area contributed by atoms with E-state index in [1.165, 1.54) is 32.1 Å². The average Bonchev–Trinajstić information content (AvgIpc) is 3.08. The van der Waals surface area contributed by atoms with Crippen LogP contribution in [0.4, 0.5) is 0 Å². The molecule has 5 heteroatoms. The predicted octanol–water partition coefficient (Wildman–Crippen LogP) is 2.30. The van der Waals surface area contributed by atoms with Gasteiger partial charge in [0.15, 0.2) is 5.82 Å². The molecular weight excluding hydrogens is 230 g/mol. The van der Waals surface area contributed by atoms with Crippen LogP contribution in [0.15, 0.2) is 4.52 Å². The van der Waals surface area contributed by atoms with Crippen molar-refractivity contribution in [3.05, 3.63) is 11.7 Å². The Morgan fingerprint density at radius 3 is 2.67 bits per heavy atom. The fourth-order valence-corrected chi connectivity index (χ4v) is 2.97. The molecule has 18 heavy (non-hydrogen) atoms. The molecule has 1 aromatic heterocycles. The number of nitrogens with zero attached hydrogens (tertiary/aromatic N) is 2. The van der Waals surface area contributed by atoms with Gasteiger partial charge in [0.05, 0.1) is 6.10 Å². The van der Waals surface area contributed by atoms with E-state index in [9.17, 15) is 0 Å². The number of ether oxygens (including phenoxy) is 1. The summed E-state index contributed by atoms with van der Waals surface area (Å²) in [6, 6.07) is 0. The van der Waals surface area contributed by atoms with E-state index >= 15 is 0 Å². The lowest BCUT2D eigenvalue weighted by Crippen LogP contribution is -2.18. The number of aromatic nitrogens is 2. The van der Waals surface area contributed by atoms with Crippen LogP contribution < -0.4 is 5.73 Å². The van der Waals surface area contributed by atoms with Crippen molar-refractivity contribution >= 4 is 0 Å². The first-order valence-electron chi connectivity index (χ1n) is 7.06. The molecule has 1 aromatic rings. The lowest BCUT2D eigenvalue weighted by Gasteiger charge is -2.17. The Balaban J connectivity index is 1.66. The second-order valence-electron chi connectivity index (χ2n) is 5.39. The SMILES string of the molecule is NC[C@H]1CC[C@H](c2nc(C3CCCCC3)no2)O1. The quantitative estimate of drug-likeness (QED) is 0.892. The first-order chi connectivity index (χ1) is 8.86. The Morgan fingerprint density at radius 2 is 1.94 bits per heavy atom. The molecule has 5 nitrogen and oxygen atoms in total. The molecule has 2 fully saturated rings. The molecule has 0 unspecified atom stereocenters. The molecule has 1 aliphatic heterocycles. The van der Waals surface area contributed by atoms with Crippen LogP contribution in [0.5, 0.6) is 0 Å². The summed E-state index contributed by atoms with van der Waals surface area (Å²) in [5, 5.41) is 4.14. The molecule has 0 bridgehead atoms. The maximum atomic E-state index is 5.78. The van der Waals surface area contributed by atoms with Gasteiger partial charge in [0.1, 0.15) is 6.10 Å². The minimum Gasteiger partial charge on any atom is -0.364 e. The van der Waals surface area contributed by atoms with Crippen molar-refractivity contribution in [1.82, 2.24) is 10.1 Å². The van der Waals surface area contributed by atoms with Crippen LogP contribution in [-0.2, 0) is 4.74 Å². The highest BCUT2D eigenvalue weighted by molar-refractivity contribution is 4.99. The van der Waals surface area contributed by atoms with Crippen LogP contribution >= 0.6 is 0 Å². The Bertz CT molecular complexity index is 387. The van der Waals surface area contributed by atoms with E-state index in [2.05, 4.69) is 10.1 Å². The zero-order valence-corrected chi connectivity index (χ0v) is 10.7. The Kier molecular flexibility index (Phi) is 3.61. The van der Waals surface area contributed by atoms with Gasteiger partial charge in [-0.25, -0.2) is 0 Å². The van der Waals surface area contributed by atoms with E-state index in [4.69, 9.17) is 15.0 Å². The summed E-state index contributed by atoms with van der Waals surface area (Å²) in [6.45, 7) is 0.570. The van der Waals surface area contributed by atoms with Crippen molar-refractivity contribution in [3.63, 3.8) is 0 Å². The molecule has 3 rings (SSSR count). The van der Waals surface area contributed by atoms with E-state index in [1.807, 2.05) is 0 Å². The van der Waals surface area contributed by atoms with Crippen molar-refractivity contribution in [2.24, 2.45) is 5.73 Å². The van der Waals surface area contributed by atoms with Gasteiger partial charge in [-0.15, -0.1) is 0 Å². The van der Waals surface area contributed by atoms with Crippen molar-refractivity contribution in [2.45, 2.75) is 63.1 Å². The van der Waals surface area contributed by atoms with Crippen LogP contribution in [0, 0.1) is 0 Å². The van der Waals surface area contributed by atoms with Gasteiger partial charge in [0, 0.05) is 12.5 Å². The summed E-state index contributed by atoms with van der Waals surface area (Å²) in [7, 11) is 0. The van der Waals surface area contributed by atoms with Crippen molar-refractivity contribution in [1.29, 1.82) is 0 Å². The summed E-state index contributed by atoms with van der Waals surface area (Å²) in [6.07, 6.45) is 8.32. The van der Waals surface area contributed by atoms with Gasteiger partial charge in [-0.3, -0.25) is 0 Å². The van der Waals surface area contributed by atoms with E-state index in [0.717, 1.165) is 18.7 Å². The van der Waals surface area contributed by atoms with Crippen molar-refractivity contribution < 1.29 is 9.26 Å². The number of hydrogen-bond donors (Lipinski definition) is 1. The fraction of sp³-hybridized carbons (Fsp3) is 0.846. The molecule has 1 aliphatic carbocycles. The molecule has 100 valence electrons. The summed E-state index contributed by atoms with van der Waals surface area (Å²) in [5.41, 5.74) is 5.60. The van der Waals surface area contributed by atoms with Crippen LogP contribution in [0.25, 0.3) is 0 Å². The molecule has 0 spiro atoms. The summed E-state index contributed by atoms with van der Waals surface area (Å²) in [4.78, 5) is 4.54. The lowest BCUT2D eigenvalue weighted by atomic mass is 9.89. The number of hydrogen-bond acceptors (Lipinski definition) is 5. The molecule has 2 aliphatic rings. The maximum absolute atomic E-state index is 5.78. The first kappa shape index (κ1) is 12.1. The van der Waals surface area contributed by atoms with Crippen LogP contribution in [0.1, 0.15) is 68.7 Å². The third kappa shape index (κ3) is 2.42. The first-order valence-corrected chi connectivity index (χ1v) is 7.06. The number of nitrogens with two attached hydrogens (primary N) is 1. The van der Waals surface area contributed by atoms with Gasteiger partial charge in [0.2, 0.25) is 0 Å². The van der Waals surface area contributed by atoms with E-state index in [0.29, 0.717) is 18.4 Å². The topological polar surface area (TPSA) is 74.2 Å². The summed E-state index contributed by atoms with van der Waals surface area (Å²) in [5.74, 6) is 2.01.